The summed E-state index contributed by atoms with van der Waals surface area (Å²) in [6.07, 6.45) is 3.25. The Hall–Kier alpha value is -3.00. The maximum atomic E-state index is 6.16. The first kappa shape index (κ1) is 16.5. The molecule has 0 bridgehead atoms. The molecule has 130 valence electrons. The highest BCUT2D eigenvalue weighted by Crippen LogP contribution is 2.40. The van der Waals surface area contributed by atoms with Crippen LogP contribution >= 0.6 is 0 Å². The van der Waals surface area contributed by atoms with Crippen molar-refractivity contribution in [2.45, 2.75) is 26.2 Å². The van der Waals surface area contributed by atoms with Crippen LogP contribution in [0.2, 0.25) is 0 Å². The Morgan fingerprint density at radius 1 is 0.692 bits per heavy atom. The summed E-state index contributed by atoms with van der Waals surface area (Å²) in [5, 5.41) is 0. The molecule has 0 atom stereocenters. The second kappa shape index (κ2) is 6.72. The number of hydrogen-bond acceptors (Lipinski definition) is 2. The minimum Gasteiger partial charge on any atom is -0.399 e. The molecule has 0 aromatic heterocycles. The summed E-state index contributed by atoms with van der Waals surface area (Å²) in [7, 11) is 0. The molecule has 4 rings (SSSR count). The highest BCUT2D eigenvalue weighted by atomic mass is 14.5. The van der Waals surface area contributed by atoms with Crippen molar-refractivity contribution in [3.63, 3.8) is 0 Å². The highest BCUT2D eigenvalue weighted by molar-refractivity contribution is 6.00. The fourth-order valence-electron chi connectivity index (χ4n) is 3.81. The first-order chi connectivity index (χ1) is 12.6. The monoisotopic (exact) mass is 340 g/mol. The van der Waals surface area contributed by atoms with Gasteiger partial charge in [0.25, 0.3) is 0 Å². The van der Waals surface area contributed by atoms with E-state index in [1.807, 2.05) is 18.2 Å². The molecular formula is C24H24N2. The van der Waals surface area contributed by atoms with Crippen molar-refractivity contribution in [3.05, 3.63) is 94.5 Å². The normalized spacial score (nSPS) is 14.0. The molecule has 0 unspecified atom stereocenters. The molecule has 0 heterocycles. The molecule has 0 spiro atoms. The lowest BCUT2D eigenvalue weighted by atomic mass is 9.87. The van der Waals surface area contributed by atoms with Crippen LogP contribution in [0.15, 0.2) is 66.7 Å². The van der Waals surface area contributed by atoms with E-state index in [-0.39, 0.29) is 0 Å². The number of hydrogen-bond donors (Lipinski definition) is 2. The van der Waals surface area contributed by atoms with Gasteiger partial charge in [-0.25, -0.2) is 0 Å². The zero-order chi connectivity index (χ0) is 18.1. The molecular weight excluding hydrogens is 316 g/mol. The lowest BCUT2D eigenvalue weighted by molar-refractivity contribution is 0.860. The topological polar surface area (TPSA) is 52.0 Å². The van der Waals surface area contributed by atoms with Gasteiger partial charge in [0, 0.05) is 11.4 Å². The van der Waals surface area contributed by atoms with Crippen molar-refractivity contribution in [1.29, 1.82) is 0 Å². The van der Waals surface area contributed by atoms with Gasteiger partial charge in [0.1, 0.15) is 0 Å². The van der Waals surface area contributed by atoms with Crippen molar-refractivity contribution in [1.82, 2.24) is 0 Å². The number of nitrogens with two attached hydrogens (primary N) is 2. The van der Waals surface area contributed by atoms with E-state index in [9.17, 15) is 0 Å². The van der Waals surface area contributed by atoms with Gasteiger partial charge in [-0.1, -0.05) is 48.0 Å². The van der Waals surface area contributed by atoms with E-state index >= 15 is 0 Å². The van der Waals surface area contributed by atoms with Gasteiger partial charge >= 0.3 is 0 Å². The average Bonchev–Trinajstić information content (AvgIpc) is 2.82. The summed E-state index contributed by atoms with van der Waals surface area (Å²) in [5.41, 5.74) is 22.8. The molecule has 1 aliphatic rings. The number of aryl methyl sites for hydroxylation is 2. The summed E-state index contributed by atoms with van der Waals surface area (Å²) in [5.74, 6) is 0. The number of benzene rings is 3. The van der Waals surface area contributed by atoms with Gasteiger partial charge in [0.05, 0.1) is 0 Å². The van der Waals surface area contributed by atoms with Gasteiger partial charge < -0.3 is 11.5 Å². The zero-order valence-electron chi connectivity index (χ0n) is 15.1. The summed E-state index contributed by atoms with van der Waals surface area (Å²) in [6, 6.07) is 23.4. The van der Waals surface area contributed by atoms with E-state index < -0.39 is 0 Å². The van der Waals surface area contributed by atoms with E-state index in [0.29, 0.717) is 0 Å². The number of allylic oxidation sites excluding steroid dienone is 1. The standard InChI is InChI=1S/C24H24N2/c1-16-5-7-19(8-6-16)24-22(18-9-12-20(25)13-10-18)4-2-3-17-11-14-21(26)15-23(17)24/h5-15H,2-4,25-26H2,1H3. The van der Waals surface area contributed by atoms with Crippen LogP contribution in [0, 0.1) is 6.92 Å². The van der Waals surface area contributed by atoms with Crippen molar-refractivity contribution >= 4 is 22.5 Å². The summed E-state index contributed by atoms with van der Waals surface area (Å²) in [4.78, 5) is 0. The third-order valence-corrected chi connectivity index (χ3v) is 5.18. The lowest BCUT2D eigenvalue weighted by Crippen LogP contribution is -1.98. The van der Waals surface area contributed by atoms with Gasteiger partial charge in [-0.15, -0.1) is 0 Å². The number of rotatable bonds is 2. The molecule has 0 radical (unpaired) electrons. The maximum Gasteiger partial charge on any atom is 0.0320 e. The van der Waals surface area contributed by atoms with E-state index in [1.165, 1.54) is 39.0 Å². The SMILES string of the molecule is Cc1ccc(C2=C(c3ccc(N)cc3)CCCc3ccc(N)cc32)cc1. The van der Waals surface area contributed by atoms with Crippen LogP contribution in [-0.2, 0) is 6.42 Å². The van der Waals surface area contributed by atoms with Crippen molar-refractivity contribution < 1.29 is 0 Å². The number of nitrogen functional groups attached to an aromatic ring is 2. The molecule has 1 aliphatic carbocycles. The van der Waals surface area contributed by atoms with Crippen LogP contribution < -0.4 is 11.5 Å². The molecule has 26 heavy (non-hydrogen) atoms. The molecule has 0 aliphatic heterocycles. The molecule has 0 fully saturated rings. The Balaban J connectivity index is 2.01. The zero-order valence-corrected chi connectivity index (χ0v) is 15.1. The van der Waals surface area contributed by atoms with E-state index in [0.717, 1.165) is 30.6 Å². The van der Waals surface area contributed by atoms with Crippen LogP contribution in [0.3, 0.4) is 0 Å². The fraction of sp³-hybridized carbons (Fsp3) is 0.167. The Bertz CT molecular complexity index is 964. The molecule has 2 nitrogen and oxygen atoms in total. The molecule has 0 saturated carbocycles. The lowest BCUT2D eigenvalue weighted by Gasteiger charge is -2.17. The van der Waals surface area contributed by atoms with E-state index in [2.05, 4.69) is 55.5 Å². The van der Waals surface area contributed by atoms with Crippen molar-refractivity contribution in [3.8, 4) is 0 Å². The van der Waals surface area contributed by atoms with Crippen molar-refractivity contribution in [2.75, 3.05) is 11.5 Å². The molecule has 2 heteroatoms. The Labute approximate surface area is 155 Å². The predicted molar refractivity (Wildman–Crippen MR) is 112 cm³/mol. The molecule has 4 N–H and O–H groups in total. The summed E-state index contributed by atoms with van der Waals surface area (Å²) in [6.45, 7) is 2.12. The minimum absolute atomic E-state index is 0.796. The number of anilines is 2. The Kier molecular flexibility index (Phi) is 4.26. The molecule has 3 aromatic carbocycles. The van der Waals surface area contributed by atoms with Crippen LogP contribution in [0.4, 0.5) is 11.4 Å². The highest BCUT2D eigenvalue weighted by Gasteiger charge is 2.20. The largest absolute Gasteiger partial charge is 0.399 e. The summed E-state index contributed by atoms with van der Waals surface area (Å²) < 4.78 is 0. The minimum atomic E-state index is 0.796. The van der Waals surface area contributed by atoms with Crippen LogP contribution in [0.1, 0.15) is 40.7 Å². The van der Waals surface area contributed by atoms with Gasteiger partial charge in [-0.3, -0.25) is 0 Å². The second-order valence-corrected chi connectivity index (χ2v) is 7.11. The maximum absolute atomic E-state index is 6.16. The Morgan fingerprint density at radius 3 is 2.08 bits per heavy atom. The van der Waals surface area contributed by atoms with Gasteiger partial charge in [0.15, 0.2) is 0 Å². The Morgan fingerprint density at radius 2 is 1.35 bits per heavy atom. The summed E-state index contributed by atoms with van der Waals surface area (Å²) >= 11 is 0. The third-order valence-electron chi connectivity index (χ3n) is 5.18. The first-order valence-corrected chi connectivity index (χ1v) is 9.17. The average molecular weight is 340 g/mol. The quantitative estimate of drug-likeness (QED) is 0.609. The smallest absolute Gasteiger partial charge is 0.0320 e. The van der Waals surface area contributed by atoms with Gasteiger partial charge in [0.2, 0.25) is 0 Å². The molecule has 3 aromatic rings. The second-order valence-electron chi connectivity index (χ2n) is 7.11. The molecule has 0 saturated heterocycles. The predicted octanol–water partition coefficient (Wildman–Crippen LogP) is 5.45. The van der Waals surface area contributed by atoms with Crippen LogP contribution in [0.25, 0.3) is 11.1 Å². The number of fused-ring (bicyclic) bond motifs is 1. The van der Waals surface area contributed by atoms with Crippen LogP contribution in [-0.4, -0.2) is 0 Å². The van der Waals surface area contributed by atoms with Crippen LogP contribution in [0.5, 0.6) is 0 Å². The molecule has 0 amide bonds. The van der Waals surface area contributed by atoms with Gasteiger partial charge in [-0.2, -0.15) is 0 Å². The fourth-order valence-corrected chi connectivity index (χ4v) is 3.81. The van der Waals surface area contributed by atoms with E-state index in [4.69, 9.17) is 11.5 Å². The van der Waals surface area contributed by atoms with Gasteiger partial charge in [-0.05, 0) is 83.9 Å². The van der Waals surface area contributed by atoms with E-state index in [1.54, 1.807) is 0 Å². The third kappa shape index (κ3) is 3.11. The first-order valence-electron chi connectivity index (χ1n) is 9.17. The van der Waals surface area contributed by atoms with Crippen molar-refractivity contribution in [2.24, 2.45) is 0 Å².